The van der Waals surface area contributed by atoms with Crippen molar-refractivity contribution in [2.45, 2.75) is 6.92 Å². The number of nitrogens with two attached hydrogens (primary N) is 1. The second-order valence-corrected chi connectivity index (χ2v) is 4.71. The number of aryl methyl sites for hydroxylation is 1. The van der Waals surface area contributed by atoms with Crippen LogP contribution in [0.25, 0.3) is 0 Å². The lowest BCUT2D eigenvalue weighted by atomic mass is 10.2. The van der Waals surface area contributed by atoms with Gasteiger partial charge in [-0.3, -0.25) is 4.79 Å². The van der Waals surface area contributed by atoms with Gasteiger partial charge in [-0.2, -0.15) is 0 Å². The molecule has 1 aliphatic rings. The van der Waals surface area contributed by atoms with Gasteiger partial charge in [0.25, 0.3) is 5.91 Å². The number of nitrogen functional groups attached to an aromatic ring is 1. The maximum absolute atomic E-state index is 14.0. The van der Waals surface area contributed by atoms with Crippen molar-refractivity contribution in [1.82, 2.24) is 0 Å². The van der Waals surface area contributed by atoms with Crippen LogP contribution >= 0.6 is 0 Å². The number of halogens is 1. The molecule has 1 heterocycles. The molecule has 0 saturated carbocycles. The molecule has 2 aromatic carbocycles. The third-order valence-corrected chi connectivity index (χ3v) is 3.12. The van der Waals surface area contributed by atoms with Gasteiger partial charge in [0.2, 0.25) is 0 Å². The number of rotatable bonds is 2. The molecule has 1 amide bonds. The predicted octanol–water partition coefficient (Wildman–Crippen LogP) is 2.84. The SMILES string of the molecule is Cc1cccc(Oc2cc3c(cc2N)OCC(=O)N3)c1F. The highest BCUT2D eigenvalue weighted by molar-refractivity contribution is 5.96. The van der Waals surface area contributed by atoms with Crippen molar-refractivity contribution in [3.8, 4) is 17.2 Å². The number of carbonyl (C=O) groups is 1. The summed E-state index contributed by atoms with van der Waals surface area (Å²) in [6, 6.07) is 7.90. The van der Waals surface area contributed by atoms with Gasteiger partial charge in [0.15, 0.2) is 23.9 Å². The van der Waals surface area contributed by atoms with E-state index in [4.69, 9.17) is 15.2 Å². The Morgan fingerprint density at radius 1 is 1.33 bits per heavy atom. The Hall–Kier alpha value is -2.76. The van der Waals surface area contributed by atoms with E-state index in [1.54, 1.807) is 19.1 Å². The van der Waals surface area contributed by atoms with Crippen LogP contribution in [0.4, 0.5) is 15.8 Å². The van der Waals surface area contributed by atoms with Crippen LogP contribution in [0.15, 0.2) is 30.3 Å². The van der Waals surface area contributed by atoms with Crippen LogP contribution in [0.2, 0.25) is 0 Å². The van der Waals surface area contributed by atoms with E-state index in [9.17, 15) is 9.18 Å². The minimum Gasteiger partial charge on any atom is -0.481 e. The van der Waals surface area contributed by atoms with E-state index in [1.165, 1.54) is 18.2 Å². The molecule has 0 spiro atoms. The molecule has 0 saturated heterocycles. The Balaban J connectivity index is 1.97. The van der Waals surface area contributed by atoms with Crippen molar-refractivity contribution >= 4 is 17.3 Å². The van der Waals surface area contributed by atoms with Gasteiger partial charge in [-0.15, -0.1) is 0 Å². The van der Waals surface area contributed by atoms with Crippen molar-refractivity contribution in [3.05, 3.63) is 41.7 Å². The zero-order valence-corrected chi connectivity index (χ0v) is 11.3. The summed E-state index contributed by atoms with van der Waals surface area (Å²) in [7, 11) is 0. The van der Waals surface area contributed by atoms with Gasteiger partial charge >= 0.3 is 0 Å². The summed E-state index contributed by atoms with van der Waals surface area (Å²) in [6.45, 7) is 1.59. The highest BCUT2D eigenvalue weighted by Gasteiger charge is 2.19. The van der Waals surface area contributed by atoms with E-state index in [-0.39, 0.29) is 24.0 Å². The second kappa shape index (κ2) is 4.97. The van der Waals surface area contributed by atoms with Crippen LogP contribution < -0.4 is 20.5 Å². The third kappa shape index (κ3) is 2.47. The summed E-state index contributed by atoms with van der Waals surface area (Å²) in [6.07, 6.45) is 0. The van der Waals surface area contributed by atoms with Gasteiger partial charge in [0, 0.05) is 12.1 Å². The normalized spacial score (nSPS) is 13.1. The first-order valence-corrected chi connectivity index (χ1v) is 6.34. The van der Waals surface area contributed by atoms with Crippen molar-refractivity contribution in [2.75, 3.05) is 17.7 Å². The lowest BCUT2D eigenvalue weighted by Gasteiger charge is -2.20. The standard InChI is InChI=1S/C15H13FN2O3/c1-8-3-2-4-11(15(8)16)21-12-6-10-13(5-9(12)17)20-7-14(19)18-10/h2-6H,7,17H2,1H3,(H,18,19). The van der Waals surface area contributed by atoms with Crippen LogP contribution in [-0.4, -0.2) is 12.5 Å². The molecule has 3 N–H and O–H groups in total. The zero-order chi connectivity index (χ0) is 15.0. The number of nitrogens with one attached hydrogen (secondary N) is 1. The van der Waals surface area contributed by atoms with E-state index < -0.39 is 5.82 Å². The number of fused-ring (bicyclic) bond motifs is 1. The summed E-state index contributed by atoms with van der Waals surface area (Å²) in [5.41, 5.74) is 7.09. The molecule has 0 fully saturated rings. The maximum atomic E-state index is 14.0. The molecular formula is C15H13FN2O3. The summed E-state index contributed by atoms with van der Waals surface area (Å²) >= 11 is 0. The molecular weight excluding hydrogens is 275 g/mol. The predicted molar refractivity (Wildman–Crippen MR) is 76.2 cm³/mol. The summed E-state index contributed by atoms with van der Waals surface area (Å²) < 4.78 is 24.7. The molecule has 0 aliphatic carbocycles. The number of ether oxygens (including phenoxy) is 2. The first kappa shape index (κ1) is 13.2. The van der Waals surface area contributed by atoms with Crippen molar-refractivity contribution in [2.24, 2.45) is 0 Å². The first-order chi connectivity index (χ1) is 10.0. The van der Waals surface area contributed by atoms with Crippen molar-refractivity contribution in [3.63, 3.8) is 0 Å². The molecule has 0 unspecified atom stereocenters. The van der Waals surface area contributed by atoms with E-state index in [2.05, 4.69) is 5.32 Å². The fraction of sp³-hybridized carbons (Fsp3) is 0.133. The smallest absolute Gasteiger partial charge is 0.262 e. The van der Waals surface area contributed by atoms with Gasteiger partial charge in [-0.25, -0.2) is 4.39 Å². The summed E-state index contributed by atoms with van der Waals surface area (Å²) in [5.74, 6) is 0.0767. The molecule has 0 radical (unpaired) electrons. The minimum atomic E-state index is -0.449. The molecule has 21 heavy (non-hydrogen) atoms. The Morgan fingerprint density at radius 3 is 2.95 bits per heavy atom. The quantitative estimate of drug-likeness (QED) is 0.833. The number of anilines is 2. The van der Waals surface area contributed by atoms with Crippen LogP contribution in [0, 0.1) is 12.7 Å². The first-order valence-electron chi connectivity index (χ1n) is 6.34. The largest absolute Gasteiger partial charge is 0.481 e. The molecule has 0 bridgehead atoms. The zero-order valence-electron chi connectivity index (χ0n) is 11.3. The van der Waals surface area contributed by atoms with Crippen LogP contribution in [0.3, 0.4) is 0 Å². The molecule has 1 aliphatic heterocycles. The van der Waals surface area contributed by atoms with Gasteiger partial charge in [0.05, 0.1) is 11.4 Å². The summed E-state index contributed by atoms with van der Waals surface area (Å²) in [4.78, 5) is 11.3. The molecule has 6 heteroatoms. The van der Waals surface area contributed by atoms with Crippen molar-refractivity contribution < 1.29 is 18.7 Å². The average Bonchev–Trinajstić information content (AvgIpc) is 2.45. The number of benzene rings is 2. The van der Waals surface area contributed by atoms with E-state index in [0.29, 0.717) is 22.7 Å². The highest BCUT2D eigenvalue weighted by Crippen LogP contribution is 2.39. The molecule has 2 aromatic rings. The van der Waals surface area contributed by atoms with Gasteiger partial charge < -0.3 is 20.5 Å². The Bertz CT molecular complexity index is 731. The second-order valence-electron chi connectivity index (χ2n) is 4.71. The fourth-order valence-corrected chi connectivity index (χ4v) is 2.03. The van der Waals surface area contributed by atoms with E-state index >= 15 is 0 Å². The lowest BCUT2D eigenvalue weighted by molar-refractivity contribution is -0.118. The van der Waals surface area contributed by atoms with Gasteiger partial charge in [0.1, 0.15) is 5.75 Å². The Kier molecular flexibility index (Phi) is 3.13. The Labute approximate surface area is 120 Å². The highest BCUT2D eigenvalue weighted by atomic mass is 19.1. The van der Waals surface area contributed by atoms with Crippen molar-refractivity contribution in [1.29, 1.82) is 0 Å². The topological polar surface area (TPSA) is 73.6 Å². The van der Waals surface area contributed by atoms with Gasteiger partial charge in [-0.1, -0.05) is 12.1 Å². The van der Waals surface area contributed by atoms with E-state index in [1.807, 2.05) is 0 Å². The Morgan fingerprint density at radius 2 is 2.14 bits per heavy atom. The number of carbonyl (C=O) groups excluding carboxylic acids is 1. The average molecular weight is 288 g/mol. The van der Waals surface area contributed by atoms with Crippen LogP contribution in [-0.2, 0) is 4.79 Å². The summed E-state index contributed by atoms with van der Waals surface area (Å²) in [5, 5.41) is 2.65. The van der Waals surface area contributed by atoms with Crippen LogP contribution in [0.1, 0.15) is 5.56 Å². The lowest BCUT2D eigenvalue weighted by Crippen LogP contribution is -2.25. The number of hydrogen-bond acceptors (Lipinski definition) is 4. The monoisotopic (exact) mass is 288 g/mol. The molecule has 0 aromatic heterocycles. The molecule has 0 atom stereocenters. The maximum Gasteiger partial charge on any atom is 0.262 e. The molecule has 5 nitrogen and oxygen atoms in total. The number of hydrogen-bond donors (Lipinski definition) is 2. The number of amides is 1. The molecule has 3 rings (SSSR count). The molecule has 108 valence electrons. The minimum absolute atomic E-state index is 0.0564. The van der Waals surface area contributed by atoms with E-state index in [0.717, 1.165) is 0 Å². The third-order valence-electron chi connectivity index (χ3n) is 3.12. The fourth-order valence-electron chi connectivity index (χ4n) is 2.03. The van der Waals surface area contributed by atoms with Gasteiger partial charge in [-0.05, 0) is 18.6 Å². The van der Waals surface area contributed by atoms with Crippen LogP contribution in [0.5, 0.6) is 17.2 Å².